The Hall–Kier alpha value is -0.940. The number of rotatable bonds is 5. The van der Waals surface area contributed by atoms with Gasteiger partial charge in [-0.2, -0.15) is 0 Å². The van der Waals surface area contributed by atoms with E-state index in [1.165, 1.54) is 0 Å². The Bertz CT molecular complexity index is 353. The Balaban J connectivity index is 1.64. The van der Waals surface area contributed by atoms with Crippen LogP contribution in [0, 0.1) is 0 Å². The molecule has 1 aromatic rings. The van der Waals surface area contributed by atoms with Crippen LogP contribution in [0.2, 0.25) is 0 Å². The van der Waals surface area contributed by atoms with Gasteiger partial charge < -0.3 is 14.5 Å². The second-order valence-electron chi connectivity index (χ2n) is 4.07. The van der Waals surface area contributed by atoms with Gasteiger partial charge in [-0.25, -0.2) is 0 Å². The van der Waals surface area contributed by atoms with Crippen LogP contribution >= 0.6 is 11.8 Å². The van der Waals surface area contributed by atoms with E-state index in [0.29, 0.717) is 17.5 Å². The van der Waals surface area contributed by atoms with E-state index >= 15 is 0 Å². The molecule has 0 aliphatic carbocycles. The minimum atomic E-state index is 0.0468. The number of amides is 1. The van der Waals surface area contributed by atoms with Crippen LogP contribution in [0.25, 0.3) is 0 Å². The van der Waals surface area contributed by atoms with Crippen molar-refractivity contribution < 1.29 is 13.9 Å². The highest BCUT2D eigenvalue weighted by atomic mass is 32.2. The van der Waals surface area contributed by atoms with Crippen LogP contribution in [0.5, 0.6) is 0 Å². The van der Waals surface area contributed by atoms with Gasteiger partial charge >= 0.3 is 0 Å². The summed E-state index contributed by atoms with van der Waals surface area (Å²) >= 11 is 1.67. The van der Waals surface area contributed by atoms with E-state index in [1.807, 2.05) is 12.1 Å². The molecule has 17 heavy (non-hydrogen) atoms. The number of carbonyl (C=O) groups is 1. The largest absolute Gasteiger partial charge is 0.467 e. The van der Waals surface area contributed by atoms with Crippen LogP contribution in [0.3, 0.4) is 0 Å². The Morgan fingerprint density at radius 3 is 3.18 bits per heavy atom. The lowest BCUT2D eigenvalue weighted by atomic mass is 10.3. The standard InChI is InChI=1S/C12H17NO3S/c1-9-11(4-6-15-9)17-8-12(14)13-7-10-3-2-5-16-10/h2-3,5,9,11H,4,6-8H2,1H3,(H,13,14)/t9-,11+/m1/s1. The molecule has 0 aromatic carbocycles. The number of furan rings is 1. The molecule has 1 fully saturated rings. The highest BCUT2D eigenvalue weighted by Gasteiger charge is 2.25. The van der Waals surface area contributed by atoms with Crippen molar-refractivity contribution in [3.63, 3.8) is 0 Å². The molecule has 1 amide bonds. The molecule has 0 unspecified atom stereocenters. The number of hydrogen-bond donors (Lipinski definition) is 1. The SMILES string of the molecule is C[C@H]1OCC[C@@H]1SCC(=O)NCc1ccco1. The molecule has 1 aliphatic heterocycles. The fraction of sp³-hybridized carbons (Fsp3) is 0.583. The summed E-state index contributed by atoms with van der Waals surface area (Å²) in [6, 6.07) is 3.66. The number of hydrogen-bond acceptors (Lipinski definition) is 4. The number of nitrogens with one attached hydrogen (secondary N) is 1. The zero-order valence-corrected chi connectivity index (χ0v) is 10.7. The summed E-state index contributed by atoms with van der Waals surface area (Å²) in [6.45, 7) is 3.33. The van der Waals surface area contributed by atoms with Gasteiger partial charge in [0, 0.05) is 11.9 Å². The van der Waals surface area contributed by atoms with Gasteiger partial charge in [-0.05, 0) is 25.5 Å². The number of thioether (sulfide) groups is 1. The first-order valence-corrected chi connectivity index (χ1v) is 6.83. The first kappa shape index (κ1) is 12.5. The molecule has 2 heterocycles. The van der Waals surface area contributed by atoms with Crippen LogP contribution in [0.4, 0.5) is 0 Å². The van der Waals surface area contributed by atoms with Gasteiger partial charge in [0.2, 0.25) is 5.91 Å². The fourth-order valence-corrected chi connectivity index (χ4v) is 2.84. The van der Waals surface area contributed by atoms with Crippen LogP contribution in [-0.2, 0) is 16.1 Å². The van der Waals surface area contributed by atoms with E-state index in [0.717, 1.165) is 18.8 Å². The molecule has 5 heteroatoms. The van der Waals surface area contributed by atoms with E-state index < -0.39 is 0 Å². The maximum Gasteiger partial charge on any atom is 0.230 e. The molecule has 2 atom stereocenters. The lowest BCUT2D eigenvalue weighted by molar-refractivity contribution is -0.118. The highest BCUT2D eigenvalue weighted by molar-refractivity contribution is 8.00. The van der Waals surface area contributed by atoms with E-state index in [-0.39, 0.29) is 12.0 Å². The monoisotopic (exact) mass is 255 g/mol. The van der Waals surface area contributed by atoms with Crippen molar-refractivity contribution in [3.8, 4) is 0 Å². The average molecular weight is 255 g/mol. The Morgan fingerprint density at radius 2 is 2.53 bits per heavy atom. The van der Waals surface area contributed by atoms with Crippen molar-refractivity contribution in [1.82, 2.24) is 5.32 Å². The summed E-state index contributed by atoms with van der Waals surface area (Å²) in [5, 5.41) is 3.28. The molecular weight excluding hydrogens is 238 g/mol. The topological polar surface area (TPSA) is 51.5 Å². The second kappa shape index (κ2) is 6.12. The van der Waals surface area contributed by atoms with Gasteiger partial charge in [0.1, 0.15) is 5.76 Å². The molecule has 1 saturated heterocycles. The highest BCUT2D eigenvalue weighted by Crippen LogP contribution is 2.25. The normalized spacial score (nSPS) is 23.8. The first-order valence-electron chi connectivity index (χ1n) is 5.78. The summed E-state index contributed by atoms with van der Waals surface area (Å²) in [5.41, 5.74) is 0. The maximum atomic E-state index is 11.6. The third-order valence-electron chi connectivity index (χ3n) is 2.78. The lowest BCUT2D eigenvalue weighted by Gasteiger charge is -2.12. The molecule has 0 spiro atoms. The van der Waals surface area contributed by atoms with Crippen LogP contribution < -0.4 is 5.32 Å². The van der Waals surface area contributed by atoms with Crippen molar-refractivity contribution in [1.29, 1.82) is 0 Å². The third-order valence-corrected chi connectivity index (χ3v) is 4.25. The molecule has 4 nitrogen and oxygen atoms in total. The summed E-state index contributed by atoms with van der Waals surface area (Å²) in [4.78, 5) is 11.6. The van der Waals surface area contributed by atoms with Gasteiger partial charge in [0.25, 0.3) is 0 Å². The number of carbonyl (C=O) groups excluding carboxylic acids is 1. The molecule has 0 radical (unpaired) electrons. The van der Waals surface area contributed by atoms with Crippen molar-refractivity contribution in [2.24, 2.45) is 0 Å². The summed E-state index contributed by atoms with van der Waals surface area (Å²) < 4.78 is 10.6. The van der Waals surface area contributed by atoms with Crippen LogP contribution in [0.1, 0.15) is 19.1 Å². The van der Waals surface area contributed by atoms with Gasteiger partial charge in [-0.15, -0.1) is 11.8 Å². The molecule has 1 aromatic heterocycles. The zero-order chi connectivity index (χ0) is 12.1. The van der Waals surface area contributed by atoms with Crippen LogP contribution in [0.15, 0.2) is 22.8 Å². The molecule has 94 valence electrons. The van der Waals surface area contributed by atoms with E-state index in [4.69, 9.17) is 9.15 Å². The first-order chi connectivity index (χ1) is 8.25. The van der Waals surface area contributed by atoms with Gasteiger partial charge in [0.05, 0.1) is 24.7 Å². The molecule has 0 bridgehead atoms. The minimum absolute atomic E-state index is 0.0468. The van der Waals surface area contributed by atoms with Gasteiger partial charge in [0.15, 0.2) is 0 Å². The van der Waals surface area contributed by atoms with Crippen LogP contribution in [-0.4, -0.2) is 29.6 Å². The number of ether oxygens (including phenoxy) is 1. The van der Waals surface area contributed by atoms with E-state index in [9.17, 15) is 4.79 Å². The van der Waals surface area contributed by atoms with E-state index in [2.05, 4.69) is 12.2 Å². The molecule has 0 saturated carbocycles. The van der Waals surface area contributed by atoms with Crippen molar-refractivity contribution in [2.45, 2.75) is 31.2 Å². The zero-order valence-electron chi connectivity index (χ0n) is 9.85. The predicted molar refractivity (Wildman–Crippen MR) is 66.8 cm³/mol. The maximum absolute atomic E-state index is 11.6. The Kier molecular flexibility index (Phi) is 4.50. The third kappa shape index (κ3) is 3.78. The molecular formula is C12H17NO3S. The Labute approximate surface area is 105 Å². The summed E-state index contributed by atoms with van der Waals surface area (Å²) in [7, 11) is 0. The van der Waals surface area contributed by atoms with Gasteiger partial charge in [-0.3, -0.25) is 4.79 Å². The Morgan fingerprint density at radius 1 is 1.65 bits per heavy atom. The molecule has 1 N–H and O–H groups in total. The van der Waals surface area contributed by atoms with Crippen molar-refractivity contribution in [2.75, 3.05) is 12.4 Å². The summed E-state index contributed by atoms with van der Waals surface area (Å²) in [5.74, 6) is 1.31. The van der Waals surface area contributed by atoms with E-state index in [1.54, 1.807) is 18.0 Å². The molecule has 2 rings (SSSR count). The van der Waals surface area contributed by atoms with Crippen molar-refractivity contribution >= 4 is 17.7 Å². The molecule has 1 aliphatic rings. The fourth-order valence-electron chi connectivity index (χ4n) is 1.76. The second-order valence-corrected chi connectivity index (χ2v) is 5.30. The quantitative estimate of drug-likeness (QED) is 0.871. The average Bonchev–Trinajstić information content (AvgIpc) is 2.95. The van der Waals surface area contributed by atoms with Gasteiger partial charge in [-0.1, -0.05) is 0 Å². The predicted octanol–water partition coefficient (Wildman–Crippen LogP) is 1.81. The smallest absolute Gasteiger partial charge is 0.230 e. The van der Waals surface area contributed by atoms with Crippen molar-refractivity contribution in [3.05, 3.63) is 24.2 Å². The lowest BCUT2D eigenvalue weighted by Crippen LogP contribution is -2.26. The summed E-state index contributed by atoms with van der Waals surface area (Å²) in [6.07, 6.45) is 2.91. The minimum Gasteiger partial charge on any atom is -0.467 e.